The molecule has 0 fully saturated rings. The van der Waals surface area contributed by atoms with Gasteiger partial charge in [-0.25, -0.2) is 14.8 Å². The second kappa shape index (κ2) is 4.18. The fourth-order valence-corrected chi connectivity index (χ4v) is 1.05. The zero-order chi connectivity index (χ0) is 9.84. The largest absolute Gasteiger partial charge is 0.464 e. The highest BCUT2D eigenvalue weighted by molar-refractivity contribution is 6.28. The van der Waals surface area contributed by atoms with Crippen LogP contribution in [0.25, 0.3) is 0 Å². The van der Waals surface area contributed by atoms with Crippen LogP contribution in [-0.4, -0.2) is 23.0 Å². The van der Waals surface area contributed by atoms with Crippen molar-refractivity contribution < 1.29 is 9.53 Å². The van der Waals surface area contributed by atoms with Gasteiger partial charge in [0, 0.05) is 11.8 Å². The second-order valence-corrected chi connectivity index (χ2v) is 2.70. The molecule has 1 heterocycles. The minimum atomic E-state index is -0.485. The lowest BCUT2D eigenvalue weighted by atomic mass is 10.2. The zero-order valence-corrected chi connectivity index (χ0v) is 8.13. The van der Waals surface area contributed by atoms with Gasteiger partial charge >= 0.3 is 5.97 Å². The van der Waals surface area contributed by atoms with Gasteiger partial charge in [-0.2, -0.15) is 0 Å². The molecule has 70 valence electrons. The second-order valence-electron chi connectivity index (χ2n) is 2.36. The van der Waals surface area contributed by atoms with E-state index in [4.69, 9.17) is 11.6 Å². The molecule has 0 amide bonds. The summed E-state index contributed by atoms with van der Waals surface area (Å²) in [6, 6.07) is 0. The lowest BCUT2D eigenvalue weighted by Crippen LogP contribution is -2.09. The molecule has 1 aromatic heterocycles. The molecule has 0 aliphatic carbocycles. The van der Waals surface area contributed by atoms with E-state index in [-0.39, 0.29) is 11.0 Å². The van der Waals surface area contributed by atoms with Crippen molar-refractivity contribution in [1.82, 2.24) is 9.97 Å². The average molecular weight is 201 g/mol. The summed E-state index contributed by atoms with van der Waals surface area (Å²) in [5, 5.41) is 0.0533. The Balaban J connectivity index is 3.15. The topological polar surface area (TPSA) is 52.1 Å². The number of carbonyl (C=O) groups excluding carboxylic acids is 1. The van der Waals surface area contributed by atoms with Crippen molar-refractivity contribution in [3.63, 3.8) is 0 Å². The summed E-state index contributed by atoms with van der Waals surface area (Å²) >= 11 is 5.54. The third-order valence-corrected chi connectivity index (χ3v) is 1.78. The summed E-state index contributed by atoms with van der Waals surface area (Å²) in [4.78, 5) is 18.7. The van der Waals surface area contributed by atoms with E-state index in [1.807, 2.05) is 6.92 Å². The van der Waals surface area contributed by atoms with Gasteiger partial charge in [0.2, 0.25) is 5.28 Å². The molecule has 5 heteroatoms. The third kappa shape index (κ3) is 2.15. The van der Waals surface area contributed by atoms with Crippen molar-refractivity contribution in [3.8, 4) is 0 Å². The van der Waals surface area contributed by atoms with Crippen LogP contribution in [0.15, 0.2) is 6.20 Å². The molecule has 0 saturated heterocycles. The van der Waals surface area contributed by atoms with Crippen LogP contribution in [0.3, 0.4) is 0 Å². The molecule has 0 aliphatic heterocycles. The fourth-order valence-electron chi connectivity index (χ4n) is 0.917. The predicted molar refractivity (Wildman–Crippen MR) is 47.8 cm³/mol. The highest BCUT2D eigenvalue weighted by Gasteiger charge is 2.13. The molecule has 0 unspecified atom stereocenters. The average Bonchev–Trinajstić information content (AvgIpc) is 2.16. The van der Waals surface area contributed by atoms with E-state index >= 15 is 0 Å². The number of carbonyl (C=O) groups is 1. The molecule has 0 radical (unpaired) electrons. The number of hydrogen-bond acceptors (Lipinski definition) is 4. The van der Waals surface area contributed by atoms with Crippen LogP contribution >= 0.6 is 11.6 Å². The highest BCUT2D eigenvalue weighted by Crippen LogP contribution is 2.10. The van der Waals surface area contributed by atoms with Crippen LogP contribution in [-0.2, 0) is 11.2 Å². The Labute approximate surface area is 80.9 Å². The number of aromatic nitrogens is 2. The Morgan fingerprint density at radius 3 is 2.92 bits per heavy atom. The number of halogens is 1. The summed E-state index contributed by atoms with van der Waals surface area (Å²) in [6.45, 7) is 1.90. The minimum absolute atomic E-state index is 0.0533. The molecule has 0 aromatic carbocycles. The van der Waals surface area contributed by atoms with Gasteiger partial charge in [-0.15, -0.1) is 0 Å². The Morgan fingerprint density at radius 1 is 1.69 bits per heavy atom. The van der Waals surface area contributed by atoms with E-state index in [0.29, 0.717) is 6.42 Å². The first-order valence-electron chi connectivity index (χ1n) is 3.78. The van der Waals surface area contributed by atoms with Crippen LogP contribution in [0, 0.1) is 0 Å². The number of hydrogen-bond donors (Lipinski definition) is 0. The van der Waals surface area contributed by atoms with Gasteiger partial charge in [-0.3, -0.25) is 0 Å². The molecule has 0 spiro atoms. The van der Waals surface area contributed by atoms with Crippen molar-refractivity contribution in [2.45, 2.75) is 13.3 Å². The van der Waals surface area contributed by atoms with Crippen LogP contribution in [0.2, 0.25) is 5.28 Å². The maximum absolute atomic E-state index is 11.2. The predicted octanol–water partition coefficient (Wildman–Crippen LogP) is 1.48. The van der Waals surface area contributed by atoms with Gasteiger partial charge in [0.25, 0.3) is 0 Å². The van der Waals surface area contributed by atoms with E-state index in [2.05, 4.69) is 14.7 Å². The van der Waals surface area contributed by atoms with E-state index in [0.717, 1.165) is 5.56 Å². The fraction of sp³-hybridized carbons (Fsp3) is 0.375. The summed E-state index contributed by atoms with van der Waals surface area (Å²) in [7, 11) is 1.30. The number of ether oxygens (including phenoxy) is 1. The number of methoxy groups -OCH3 is 1. The van der Waals surface area contributed by atoms with Crippen molar-refractivity contribution in [1.29, 1.82) is 0 Å². The molecule has 0 aliphatic rings. The Morgan fingerprint density at radius 2 is 2.38 bits per heavy atom. The molecule has 0 saturated carbocycles. The number of rotatable bonds is 2. The standard InChI is InChI=1S/C8H9ClN2O2/c1-3-5-4-10-8(9)11-6(5)7(12)13-2/h4H,3H2,1-2H3. The molecular formula is C8H9ClN2O2. The van der Waals surface area contributed by atoms with E-state index in [1.54, 1.807) is 0 Å². The van der Waals surface area contributed by atoms with Crippen molar-refractivity contribution in [2.75, 3.05) is 7.11 Å². The third-order valence-electron chi connectivity index (χ3n) is 1.59. The number of aryl methyl sites for hydroxylation is 1. The molecule has 1 rings (SSSR count). The van der Waals surface area contributed by atoms with Crippen LogP contribution in [0.4, 0.5) is 0 Å². The molecule has 13 heavy (non-hydrogen) atoms. The van der Waals surface area contributed by atoms with Gasteiger partial charge < -0.3 is 4.74 Å². The lowest BCUT2D eigenvalue weighted by Gasteiger charge is -2.03. The summed E-state index contributed by atoms with van der Waals surface area (Å²) in [5.74, 6) is -0.485. The van der Waals surface area contributed by atoms with Gasteiger partial charge in [-0.1, -0.05) is 6.92 Å². The summed E-state index contributed by atoms with van der Waals surface area (Å²) < 4.78 is 4.55. The van der Waals surface area contributed by atoms with Gasteiger partial charge in [0.05, 0.1) is 7.11 Å². The molecule has 0 atom stereocenters. The van der Waals surface area contributed by atoms with E-state index in [1.165, 1.54) is 13.3 Å². The Kier molecular flexibility index (Phi) is 3.19. The maximum atomic E-state index is 11.2. The van der Waals surface area contributed by atoms with Gasteiger partial charge in [-0.05, 0) is 18.0 Å². The van der Waals surface area contributed by atoms with Crippen LogP contribution in [0.5, 0.6) is 0 Å². The monoisotopic (exact) mass is 200 g/mol. The molecule has 0 bridgehead atoms. The number of nitrogens with zero attached hydrogens (tertiary/aromatic N) is 2. The highest BCUT2D eigenvalue weighted by atomic mass is 35.5. The van der Waals surface area contributed by atoms with Crippen molar-refractivity contribution in [2.24, 2.45) is 0 Å². The quantitative estimate of drug-likeness (QED) is 0.536. The molecule has 4 nitrogen and oxygen atoms in total. The first-order chi connectivity index (χ1) is 6.19. The van der Waals surface area contributed by atoms with E-state index in [9.17, 15) is 4.79 Å². The normalized spacial score (nSPS) is 9.77. The SMILES string of the molecule is CCc1cnc(Cl)nc1C(=O)OC. The van der Waals surface area contributed by atoms with Gasteiger partial charge in [0.15, 0.2) is 5.69 Å². The Bertz CT molecular complexity index is 328. The first-order valence-corrected chi connectivity index (χ1v) is 4.16. The smallest absolute Gasteiger partial charge is 0.357 e. The maximum Gasteiger partial charge on any atom is 0.357 e. The van der Waals surface area contributed by atoms with E-state index < -0.39 is 5.97 Å². The molecule has 1 aromatic rings. The zero-order valence-electron chi connectivity index (χ0n) is 7.37. The minimum Gasteiger partial charge on any atom is -0.464 e. The Hall–Kier alpha value is -1.16. The summed E-state index contributed by atoms with van der Waals surface area (Å²) in [6.07, 6.45) is 2.20. The first kappa shape index (κ1) is 9.92. The van der Waals surface area contributed by atoms with Crippen LogP contribution < -0.4 is 0 Å². The van der Waals surface area contributed by atoms with Gasteiger partial charge in [0.1, 0.15) is 0 Å². The molecular weight excluding hydrogens is 192 g/mol. The molecule has 0 N–H and O–H groups in total. The summed E-state index contributed by atoms with van der Waals surface area (Å²) in [5.41, 5.74) is 0.973. The van der Waals surface area contributed by atoms with Crippen LogP contribution in [0.1, 0.15) is 23.0 Å². The number of esters is 1. The van der Waals surface area contributed by atoms with Crippen molar-refractivity contribution >= 4 is 17.6 Å². The lowest BCUT2D eigenvalue weighted by molar-refractivity contribution is 0.0592. The van der Waals surface area contributed by atoms with Crippen molar-refractivity contribution in [3.05, 3.63) is 22.7 Å².